The predicted molar refractivity (Wildman–Crippen MR) is 65.5 cm³/mol. The molecule has 0 saturated heterocycles. The van der Waals surface area contributed by atoms with Crippen LogP contribution in [0.1, 0.15) is 19.1 Å². The molecule has 4 nitrogen and oxygen atoms in total. The molecule has 1 aromatic rings. The zero-order valence-electron chi connectivity index (χ0n) is 8.66. The first-order valence-corrected chi connectivity index (χ1v) is 5.94. The van der Waals surface area contributed by atoms with Crippen molar-refractivity contribution in [2.24, 2.45) is 0 Å². The van der Waals surface area contributed by atoms with Gasteiger partial charge in [0.15, 0.2) is 3.77 Å². The van der Waals surface area contributed by atoms with Crippen LogP contribution in [0.3, 0.4) is 0 Å². The van der Waals surface area contributed by atoms with Crippen LogP contribution in [0.2, 0.25) is 0 Å². The van der Waals surface area contributed by atoms with E-state index in [1.54, 1.807) is 0 Å². The summed E-state index contributed by atoms with van der Waals surface area (Å²) < 4.78 is 6.21. The molecule has 86 valence electrons. The Morgan fingerprint density at radius 3 is 2.47 bits per heavy atom. The maximum absolute atomic E-state index is 9.21. The van der Waals surface area contributed by atoms with Crippen molar-refractivity contribution in [3.8, 4) is 0 Å². The van der Waals surface area contributed by atoms with Gasteiger partial charge in [0.05, 0.1) is 25.3 Å². The van der Waals surface area contributed by atoms with Crippen molar-refractivity contribution in [2.45, 2.75) is 25.4 Å². The predicted octanol–water partition coefficient (Wildman–Crippen LogP) is 1.11. The number of halogens is 1. The van der Waals surface area contributed by atoms with Gasteiger partial charge in [0.1, 0.15) is 5.76 Å². The van der Waals surface area contributed by atoms with Crippen LogP contribution in [0, 0.1) is 3.77 Å². The van der Waals surface area contributed by atoms with Crippen LogP contribution in [0.4, 0.5) is 0 Å². The molecule has 0 radical (unpaired) electrons. The van der Waals surface area contributed by atoms with E-state index >= 15 is 0 Å². The number of nitrogens with one attached hydrogen (secondary N) is 1. The van der Waals surface area contributed by atoms with E-state index in [0.29, 0.717) is 13.0 Å². The average Bonchev–Trinajstić information content (AvgIpc) is 2.67. The monoisotopic (exact) mass is 325 g/mol. The SMILES string of the molecule is CCC(CO)(CO)NCc1ccc(I)o1. The maximum atomic E-state index is 9.21. The fourth-order valence-electron chi connectivity index (χ4n) is 1.23. The van der Waals surface area contributed by atoms with E-state index in [-0.39, 0.29) is 13.2 Å². The number of hydrogen-bond acceptors (Lipinski definition) is 4. The summed E-state index contributed by atoms with van der Waals surface area (Å²) in [5.74, 6) is 0.805. The number of furan rings is 1. The second-order valence-electron chi connectivity index (χ2n) is 3.51. The van der Waals surface area contributed by atoms with E-state index in [9.17, 15) is 10.2 Å². The molecule has 0 saturated carbocycles. The van der Waals surface area contributed by atoms with Gasteiger partial charge in [0.25, 0.3) is 0 Å². The summed E-state index contributed by atoms with van der Waals surface area (Å²) in [5.41, 5.74) is -0.613. The Morgan fingerprint density at radius 1 is 1.40 bits per heavy atom. The van der Waals surface area contributed by atoms with Gasteiger partial charge in [0.2, 0.25) is 0 Å². The molecule has 1 aromatic heterocycles. The lowest BCUT2D eigenvalue weighted by molar-refractivity contribution is 0.0847. The van der Waals surface area contributed by atoms with E-state index in [1.807, 2.05) is 19.1 Å². The fourth-order valence-corrected chi connectivity index (χ4v) is 1.69. The number of aliphatic hydroxyl groups excluding tert-OH is 2. The minimum Gasteiger partial charge on any atom is -0.454 e. The van der Waals surface area contributed by atoms with Crippen LogP contribution in [0.5, 0.6) is 0 Å². The lowest BCUT2D eigenvalue weighted by atomic mass is 9.98. The minimum atomic E-state index is -0.613. The summed E-state index contributed by atoms with van der Waals surface area (Å²) in [6, 6.07) is 3.76. The van der Waals surface area contributed by atoms with Crippen LogP contribution in [0.25, 0.3) is 0 Å². The van der Waals surface area contributed by atoms with Gasteiger partial charge in [-0.3, -0.25) is 0 Å². The highest BCUT2D eigenvalue weighted by molar-refractivity contribution is 14.1. The largest absolute Gasteiger partial charge is 0.454 e. The van der Waals surface area contributed by atoms with Crippen molar-refractivity contribution in [1.29, 1.82) is 0 Å². The molecule has 0 atom stereocenters. The maximum Gasteiger partial charge on any atom is 0.164 e. The van der Waals surface area contributed by atoms with Crippen LogP contribution < -0.4 is 5.32 Å². The summed E-state index contributed by atoms with van der Waals surface area (Å²) in [7, 11) is 0. The standard InChI is InChI=1S/C10H16INO3/c1-2-10(6-13,7-14)12-5-8-3-4-9(11)15-8/h3-4,12-14H,2,5-7H2,1H3. The molecule has 0 bridgehead atoms. The molecule has 0 aliphatic heterocycles. The molecule has 1 heterocycles. The summed E-state index contributed by atoms with van der Waals surface area (Å²) >= 11 is 2.10. The molecule has 3 N–H and O–H groups in total. The summed E-state index contributed by atoms with van der Waals surface area (Å²) in [4.78, 5) is 0. The Morgan fingerprint density at radius 2 is 2.07 bits per heavy atom. The molecule has 0 spiro atoms. The van der Waals surface area contributed by atoms with Crippen LogP contribution in [-0.2, 0) is 6.54 Å². The van der Waals surface area contributed by atoms with Crippen LogP contribution >= 0.6 is 22.6 Å². The van der Waals surface area contributed by atoms with Gasteiger partial charge in [-0.05, 0) is 41.1 Å². The molecule has 0 fully saturated rings. The summed E-state index contributed by atoms with van der Waals surface area (Å²) in [6.07, 6.45) is 0.664. The topological polar surface area (TPSA) is 65.6 Å². The molecule has 15 heavy (non-hydrogen) atoms. The first-order chi connectivity index (χ1) is 7.15. The summed E-state index contributed by atoms with van der Waals surface area (Å²) in [6.45, 7) is 2.26. The Hall–Kier alpha value is -0.110. The number of hydrogen-bond donors (Lipinski definition) is 3. The number of rotatable bonds is 6. The van der Waals surface area contributed by atoms with Gasteiger partial charge in [-0.15, -0.1) is 0 Å². The molecule has 0 aliphatic rings. The third-order valence-electron chi connectivity index (χ3n) is 2.55. The fraction of sp³-hybridized carbons (Fsp3) is 0.600. The third-order valence-corrected chi connectivity index (χ3v) is 3.13. The zero-order chi connectivity index (χ0) is 11.3. The summed E-state index contributed by atoms with van der Waals surface area (Å²) in [5, 5.41) is 21.5. The van der Waals surface area contributed by atoms with Crippen molar-refractivity contribution in [3.05, 3.63) is 21.7 Å². The molecule has 5 heteroatoms. The smallest absolute Gasteiger partial charge is 0.164 e. The Balaban J connectivity index is 2.54. The lowest BCUT2D eigenvalue weighted by Gasteiger charge is -2.29. The normalized spacial score (nSPS) is 12.0. The average molecular weight is 325 g/mol. The van der Waals surface area contributed by atoms with Gasteiger partial charge in [0, 0.05) is 0 Å². The number of aliphatic hydroxyl groups is 2. The van der Waals surface area contributed by atoms with Crippen molar-refractivity contribution in [1.82, 2.24) is 5.32 Å². The highest BCUT2D eigenvalue weighted by Crippen LogP contribution is 2.13. The van der Waals surface area contributed by atoms with Gasteiger partial charge < -0.3 is 19.9 Å². The molecule has 0 amide bonds. The van der Waals surface area contributed by atoms with Crippen molar-refractivity contribution >= 4 is 22.6 Å². The van der Waals surface area contributed by atoms with Crippen LogP contribution in [-0.4, -0.2) is 29.0 Å². The van der Waals surface area contributed by atoms with E-state index in [2.05, 4.69) is 27.9 Å². The van der Waals surface area contributed by atoms with Crippen molar-refractivity contribution in [3.63, 3.8) is 0 Å². The van der Waals surface area contributed by atoms with E-state index in [0.717, 1.165) is 9.53 Å². The molecule has 0 aromatic carbocycles. The van der Waals surface area contributed by atoms with E-state index in [4.69, 9.17) is 4.42 Å². The van der Waals surface area contributed by atoms with Gasteiger partial charge in [-0.25, -0.2) is 0 Å². The first-order valence-electron chi connectivity index (χ1n) is 4.87. The zero-order valence-corrected chi connectivity index (χ0v) is 10.8. The van der Waals surface area contributed by atoms with Crippen LogP contribution in [0.15, 0.2) is 16.5 Å². The van der Waals surface area contributed by atoms with Gasteiger partial charge in [-0.2, -0.15) is 0 Å². The van der Waals surface area contributed by atoms with Crippen molar-refractivity contribution < 1.29 is 14.6 Å². The molecule has 1 rings (SSSR count). The Kier molecular flexibility index (Phi) is 5.04. The van der Waals surface area contributed by atoms with Crippen molar-refractivity contribution in [2.75, 3.05) is 13.2 Å². The second kappa shape index (κ2) is 5.83. The highest BCUT2D eigenvalue weighted by Gasteiger charge is 2.25. The first kappa shape index (κ1) is 13.0. The highest BCUT2D eigenvalue weighted by atomic mass is 127. The quantitative estimate of drug-likeness (QED) is 0.686. The molecular formula is C10H16INO3. The second-order valence-corrected chi connectivity index (χ2v) is 4.57. The van der Waals surface area contributed by atoms with Gasteiger partial charge >= 0.3 is 0 Å². The lowest BCUT2D eigenvalue weighted by Crippen LogP contribution is -2.50. The third kappa shape index (κ3) is 3.44. The molecule has 0 aliphatic carbocycles. The van der Waals surface area contributed by atoms with E-state index in [1.165, 1.54) is 0 Å². The Bertz CT molecular complexity index is 288. The Labute approximate surface area is 103 Å². The molecule has 0 unspecified atom stereocenters. The van der Waals surface area contributed by atoms with Gasteiger partial charge in [-0.1, -0.05) is 6.92 Å². The molecular weight excluding hydrogens is 309 g/mol. The minimum absolute atomic E-state index is 0.0855. The van der Waals surface area contributed by atoms with E-state index < -0.39 is 5.54 Å².